The molecule has 0 bridgehead atoms. The van der Waals surface area contributed by atoms with E-state index >= 15 is 0 Å². The van der Waals surface area contributed by atoms with Gasteiger partial charge in [0.2, 0.25) is 5.90 Å². The molecule has 1 atom stereocenters. The molecular weight excluding hydrogens is 268 g/mol. The Balaban J connectivity index is 1.60. The first-order valence-corrected chi connectivity index (χ1v) is 6.64. The lowest BCUT2D eigenvalue weighted by Gasteiger charge is -2.06. The van der Waals surface area contributed by atoms with E-state index in [-0.39, 0.29) is 19.2 Å². The number of hydrogen-bond acceptors (Lipinski definition) is 5. The normalized spacial score (nSPS) is 17.0. The fourth-order valence-electron chi connectivity index (χ4n) is 1.97. The van der Waals surface area contributed by atoms with Crippen molar-refractivity contribution in [3.63, 3.8) is 0 Å². The first kappa shape index (κ1) is 13.3. The summed E-state index contributed by atoms with van der Waals surface area (Å²) in [4.78, 5) is 20.2. The molecule has 21 heavy (non-hydrogen) atoms. The zero-order valence-electron chi connectivity index (χ0n) is 11.3. The molecule has 0 N–H and O–H groups in total. The summed E-state index contributed by atoms with van der Waals surface area (Å²) in [6.45, 7) is 0.460. The van der Waals surface area contributed by atoms with Gasteiger partial charge in [-0.3, -0.25) is 4.98 Å². The van der Waals surface area contributed by atoms with E-state index in [0.717, 1.165) is 11.1 Å². The first-order chi connectivity index (χ1) is 10.3. The van der Waals surface area contributed by atoms with Crippen molar-refractivity contribution in [3.8, 4) is 0 Å². The van der Waals surface area contributed by atoms with Crippen LogP contribution in [0.3, 0.4) is 0 Å². The predicted molar refractivity (Wildman–Crippen MR) is 76.8 cm³/mol. The lowest BCUT2D eigenvalue weighted by atomic mass is 10.2. The smallest absolute Gasteiger partial charge is 0.334 e. The maximum Gasteiger partial charge on any atom is 0.334 e. The Morgan fingerprint density at radius 2 is 1.95 bits per heavy atom. The molecule has 0 saturated heterocycles. The van der Waals surface area contributed by atoms with E-state index in [1.807, 2.05) is 30.3 Å². The van der Waals surface area contributed by atoms with Gasteiger partial charge in [0.15, 0.2) is 6.04 Å². The van der Waals surface area contributed by atoms with Crippen LogP contribution in [0, 0.1) is 0 Å². The first-order valence-electron chi connectivity index (χ1n) is 6.64. The Hall–Kier alpha value is -2.69. The SMILES string of the molecule is O=C(OCc1ccccc1)[C@@H]1COC(c2ccncc2)=N1. The molecule has 5 nitrogen and oxygen atoms in total. The largest absolute Gasteiger partial charge is 0.475 e. The molecule has 0 unspecified atom stereocenters. The van der Waals surface area contributed by atoms with Crippen LogP contribution >= 0.6 is 0 Å². The standard InChI is InChI=1S/C16H14N2O3/c19-16(21-10-12-4-2-1-3-5-12)14-11-20-15(18-14)13-6-8-17-9-7-13/h1-9,14H,10-11H2/t14-/m0/s1. The molecule has 0 aliphatic carbocycles. The van der Waals surface area contributed by atoms with Gasteiger partial charge in [-0.2, -0.15) is 0 Å². The van der Waals surface area contributed by atoms with E-state index in [9.17, 15) is 4.79 Å². The van der Waals surface area contributed by atoms with Gasteiger partial charge in [0.25, 0.3) is 0 Å². The van der Waals surface area contributed by atoms with E-state index in [4.69, 9.17) is 9.47 Å². The van der Waals surface area contributed by atoms with Gasteiger partial charge in [-0.05, 0) is 17.7 Å². The summed E-state index contributed by atoms with van der Waals surface area (Å²) in [5.41, 5.74) is 1.76. The van der Waals surface area contributed by atoms with Crippen molar-refractivity contribution in [1.29, 1.82) is 0 Å². The molecular formula is C16H14N2O3. The van der Waals surface area contributed by atoms with Crippen molar-refractivity contribution >= 4 is 11.9 Å². The van der Waals surface area contributed by atoms with E-state index in [1.54, 1.807) is 24.5 Å². The van der Waals surface area contributed by atoms with Crippen molar-refractivity contribution in [2.75, 3.05) is 6.61 Å². The minimum Gasteiger partial charge on any atom is -0.475 e. The van der Waals surface area contributed by atoms with Gasteiger partial charge < -0.3 is 9.47 Å². The summed E-state index contributed by atoms with van der Waals surface area (Å²) in [5, 5.41) is 0. The summed E-state index contributed by atoms with van der Waals surface area (Å²) in [5.74, 6) is 0.0852. The van der Waals surface area contributed by atoms with Gasteiger partial charge in [0.1, 0.15) is 13.2 Å². The number of pyridine rings is 1. The average molecular weight is 282 g/mol. The number of ether oxygens (including phenoxy) is 2. The number of hydrogen-bond donors (Lipinski definition) is 0. The Morgan fingerprint density at radius 1 is 1.19 bits per heavy atom. The van der Waals surface area contributed by atoms with Crippen LogP contribution < -0.4 is 0 Å². The quantitative estimate of drug-likeness (QED) is 0.804. The highest BCUT2D eigenvalue weighted by Crippen LogP contribution is 2.13. The molecule has 0 radical (unpaired) electrons. The number of carbonyl (C=O) groups excluding carboxylic acids is 1. The second kappa shape index (κ2) is 6.17. The van der Waals surface area contributed by atoms with Crippen molar-refractivity contribution in [2.24, 2.45) is 4.99 Å². The van der Waals surface area contributed by atoms with E-state index < -0.39 is 6.04 Å². The summed E-state index contributed by atoms with van der Waals surface area (Å²) in [6, 6.07) is 12.5. The van der Waals surface area contributed by atoms with E-state index in [2.05, 4.69) is 9.98 Å². The fraction of sp³-hybridized carbons (Fsp3) is 0.188. The number of benzene rings is 1. The summed E-state index contributed by atoms with van der Waals surface area (Å²) < 4.78 is 10.7. The van der Waals surface area contributed by atoms with Crippen LogP contribution in [0.2, 0.25) is 0 Å². The van der Waals surface area contributed by atoms with Crippen LogP contribution in [-0.2, 0) is 20.9 Å². The van der Waals surface area contributed by atoms with Crippen molar-refractivity contribution < 1.29 is 14.3 Å². The number of esters is 1. The molecule has 1 aromatic heterocycles. The monoisotopic (exact) mass is 282 g/mol. The molecule has 0 spiro atoms. The Bertz CT molecular complexity index is 641. The molecule has 1 aliphatic rings. The molecule has 0 amide bonds. The van der Waals surface area contributed by atoms with Gasteiger partial charge in [0.05, 0.1) is 0 Å². The van der Waals surface area contributed by atoms with E-state index in [0.29, 0.717) is 5.90 Å². The number of aliphatic imine (C=N–C) groups is 1. The van der Waals surface area contributed by atoms with Crippen LogP contribution in [0.5, 0.6) is 0 Å². The van der Waals surface area contributed by atoms with Crippen molar-refractivity contribution in [2.45, 2.75) is 12.6 Å². The average Bonchev–Trinajstić information content (AvgIpc) is 3.04. The van der Waals surface area contributed by atoms with Crippen molar-refractivity contribution in [3.05, 3.63) is 66.0 Å². The number of aromatic nitrogens is 1. The third-order valence-corrected chi connectivity index (χ3v) is 3.07. The zero-order valence-corrected chi connectivity index (χ0v) is 11.3. The lowest BCUT2D eigenvalue weighted by Crippen LogP contribution is -2.22. The Kier molecular flexibility index (Phi) is 3.91. The summed E-state index contributed by atoms with van der Waals surface area (Å²) in [7, 11) is 0. The highest BCUT2D eigenvalue weighted by Gasteiger charge is 2.27. The molecule has 2 heterocycles. The lowest BCUT2D eigenvalue weighted by molar-refractivity contribution is -0.146. The molecule has 2 aromatic rings. The molecule has 106 valence electrons. The topological polar surface area (TPSA) is 60.8 Å². The molecule has 3 rings (SSSR count). The molecule has 0 saturated carbocycles. The summed E-state index contributed by atoms with van der Waals surface area (Å²) >= 11 is 0. The third kappa shape index (κ3) is 3.25. The number of carbonyl (C=O) groups is 1. The van der Waals surface area contributed by atoms with Gasteiger partial charge in [0, 0.05) is 18.0 Å². The fourth-order valence-corrected chi connectivity index (χ4v) is 1.97. The minimum absolute atomic E-state index is 0.214. The molecule has 5 heteroatoms. The number of rotatable bonds is 4. The zero-order chi connectivity index (χ0) is 14.5. The molecule has 0 fully saturated rings. The van der Waals surface area contributed by atoms with Gasteiger partial charge in [-0.25, -0.2) is 9.79 Å². The predicted octanol–water partition coefficient (Wildman–Crippen LogP) is 1.97. The van der Waals surface area contributed by atoms with Crippen molar-refractivity contribution in [1.82, 2.24) is 4.98 Å². The summed E-state index contributed by atoms with van der Waals surface area (Å²) in [6.07, 6.45) is 3.31. The maximum absolute atomic E-state index is 12.0. The van der Waals surface area contributed by atoms with Crippen LogP contribution in [0.4, 0.5) is 0 Å². The van der Waals surface area contributed by atoms with Gasteiger partial charge in [-0.1, -0.05) is 30.3 Å². The van der Waals surface area contributed by atoms with Crippen LogP contribution in [-0.4, -0.2) is 29.5 Å². The minimum atomic E-state index is -0.600. The highest BCUT2D eigenvalue weighted by atomic mass is 16.5. The third-order valence-electron chi connectivity index (χ3n) is 3.07. The van der Waals surface area contributed by atoms with Crippen LogP contribution in [0.1, 0.15) is 11.1 Å². The number of nitrogens with zero attached hydrogens (tertiary/aromatic N) is 2. The second-order valence-corrected chi connectivity index (χ2v) is 4.59. The molecule has 1 aliphatic heterocycles. The maximum atomic E-state index is 12.0. The van der Waals surface area contributed by atoms with Crippen LogP contribution in [0.15, 0.2) is 59.9 Å². The highest BCUT2D eigenvalue weighted by molar-refractivity contribution is 5.97. The van der Waals surface area contributed by atoms with Crippen LogP contribution in [0.25, 0.3) is 0 Å². The molecule has 1 aromatic carbocycles. The Labute approximate surface area is 122 Å². The van der Waals surface area contributed by atoms with E-state index in [1.165, 1.54) is 0 Å². The second-order valence-electron chi connectivity index (χ2n) is 4.59. The Morgan fingerprint density at radius 3 is 2.71 bits per heavy atom. The van der Waals surface area contributed by atoms with Gasteiger partial charge >= 0.3 is 5.97 Å². The van der Waals surface area contributed by atoms with Gasteiger partial charge in [-0.15, -0.1) is 0 Å².